The van der Waals surface area contributed by atoms with Crippen LogP contribution in [0.3, 0.4) is 0 Å². The summed E-state index contributed by atoms with van der Waals surface area (Å²) >= 11 is 0. The molecular formula is C19H25F2N5O4S. The molecule has 1 saturated carbocycles. The number of nitrogens with one attached hydrogen (secondary N) is 1. The Kier molecular flexibility index (Phi) is 5.97. The number of hydrogen-bond donors (Lipinski definition) is 2. The highest BCUT2D eigenvalue weighted by Gasteiger charge is 2.30. The van der Waals surface area contributed by atoms with Crippen LogP contribution in [0.2, 0.25) is 0 Å². The first kappa shape index (κ1) is 22.0. The Bertz CT molecular complexity index is 1130. The number of aromatic nitrogens is 3. The second kappa shape index (κ2) is 8.40. The smallest absolute Gasteiger partial charge is 0.269 e. The van der Waals surface area contributed by atoms with E-state index in [-0.39, 0.29) is 17.6 Å². The molecule has 2 aliphatic rings. The second-order valence-corrected chi connectivity index (χ2v) is 10.2. The minimum Gasteiger partial charge on any atom is -0.393 e. The Labute approximate surface area is 178 Å². The minimum absolute atomic E-state index is 0.0516. The third-order valence-corrected chi connectivity index (χ3v) is 7.34. The first-order chi connectivity index (χ1) is 14.6. The number of anilines is 1. The lowest BCUT2D eigenvalue weighted by molar-refractivity contribution is 0.148. The molecule has 0 spiro atoms. The van der Waals surface area contributed by atoms with Gasteiger partial charge in [0.15, 0.2) is 0 Å². The molecule has 2 fully saturated rings. The van der Waals surface area contributed by atoms with Crippen molar-refractivity contribution in [2.75, 3.05) is 24.7 Å². The standard InChI is InChI=1S/C19H25F2N5O4S/c1-31(29,30)25-6-4-12(5-7-25)23-19-22-10-11-8-15(16(20)21)18(28)26(17(11)24-19)13-2-3-14(27)9-13/h8,10,12-14,16,27H,2-7,9H2,1H3,(H,22,23,24)/t13-,14+/m1/s1. The summed E-state index contributed by atoms with van der Waals surface area (Å²) < 4.78 is 52.9. The maximum atomic E-state index is 13.4. The maximum Gasteiger partial charge on any atom is 0.269 e. The van der Waals surface area contributed by atoms with E-state index < -0.39 is 39.7 Å². The van der Waals surface area contributed by atoms with E-state index in [0.717, 1.165) is 6.07 Å². The zero-order chi connectivity index (χ0) is 22.3. The highest BCUT2D eigenvalue weighted by molar-refractivity contribution is 7.88. The monoisotopic (exact) mass is 457 g/mol. The molecular weight excluding hydrogens is 432 g/mol. The van der Waals surface area contributed by atoms with Gasteiger partial charge in [-0.05, 0) is 38.2 Å². The van der Waals surface area contributed by atoms with E-state index in [1.54, 1.807) is 0 Å². The molecule has 1 saturated heterocycles. The number of hydrogen-bond acceptors (Lipinski definition) is 7. The van der Waals surface area contributed by atoms with Gasteiger partial charge in [-0.3, -0.25) is 9.36 Å². The number of fused-ring (bicyclic) bond motifs is 1. The fourth-order valence-corrected chi connectivity index (χ4v) is 5.26. The van der Waals surface area contributed by atoms with E-state index in [9.17, 15) is 27.1 Å². The predicted octanol–water partition coefficient (Wildman–Crippen LogP) is 1.65. The summed E-state index contributed by atoms with van der Waals surface area (Å²) in [5.74, 6) is 0.252. The lowest BCUT2D eigenvalue weighted by Gasteiger charge is -2.30. The van der Waals surface area contributed by atoms with Crippen molar-refractivity contribution >= 4 is 27.0 Å². The Balaban J connectivity index is 1.65. The average molecular weight is 458 g/mol. The van der Waals surface area contributed by atoms with Crippen molar-refractivity contribution in [3.63, 3.8) is 0 Å². The Morgan fingerprint density at radius 1 is 1.23 bits per heavy atom. The molecule has 1 aliphatic heterocycles. The van der Waals surface area contributed by atoms with Crippen LogP contribution in [0.4, 0.5) is 14.7 Å². The summed E-state index contributed by atoms with van der Waals surface area (Å²) in [6.07, 6.45) is 1.52. The molecule has 0 bridgehead atoms. The lowest BCUT2D eigenvalue weighted by atomic mass is 10.1. The molecule has 2 aromatic heterocycles. The molecule has 0 amide bonds. The van der Waals surface area contributed by atoms with E-state index in [2.05, 4.69) is 15.3 Å². The Morgan fingerprint density at radius 3 is 2.52 bits per heavy atom. The Hall–Kier alpha value is -2.18. The highest BCUT2D eigenvalue weighted by Crippen LogP contribution is 2.32. The van der Waals surface area contributed by atoms with Crippen LogP contribution < -0.4 is 10.9 Å². The molecule has 4 rings (SSSR count). The summed E-state index contributed by atoms with van der Waals surface area (Å²) in [6.45, 7) is 0.763. The summed E-state index contributed by atoms with van der Waals surface area (Å²) in [5, 5.41) is 13.4. The van der Waals surface area contributed by atoms with Gasteiger partial charge >= 0.3 is 0 Å². The zero-order valence-corrected chi connectivity index (χ0v) is 17.9. The molecule has 0 radical (unpaired) electrons. The second-order valence-electron chi connectivity index (χ2n) is 8.25. The topological polar surface area (TPSA) is 117 Å². The van der Waals surface area contributed by atoms with Crippen LogP contribution in [0.25, 0.3) is 11.0 Å². The molecule has 3 heterocycles. The van der Waals surface area contributed by atoms with Crippen LogP contribution in [0.1, 0.15) is 50.1 Å². The van der Waals surface area contributed by atoms with Gasteiger partial charge in [0.05, 0.1) is 17.9 Å². The van der Waals surface area contributed by atoms with Crippen molar-refractivity contribution in [1.29, 1.82) is 0 Å². The third-order valence-electron chi connectivity index (χ3n) is 6.03. The number of pyridine rings is 1. The normalized spacial score (nSPS) is 23.6. The fraction of sp³-hybridized carbons (Fsp3) is 0.632. The highest BCUT2D eigenvalue weighted by atomic mass is 32.2. The summed E-state index contributed by atoms with van der Waals surface area (Å²) in [5.41, 5.74) is -1.15. The van der Waals surface area contributed by atoms with E-state index in [0.29, 0.717) is 50.6 Å². The zero-order valence-electron chi connectivity index (χ0n) is 17.0. The molecule has 2 aromatic rings. The average Bonchev–Trinajstić information content (AvgIpc) is 3.12. The van der Waals surface area contributed by atoms with Gasteiger partial charge in [-0.2, -0.15) is 4.98 Å². The number of aliphatic hydroxyl groups is 1. The Morgan fingerprint density at radius 2 is 1.94 bits per heavy atom. The van der Waals surface area contributed by atoms with Gasteiger partial charge in [0, 0.05) is 36.8 Å². The van der Waals surface area contributed by atoms with Crippen molar-refractivity contribution in [2.24, 2.45) is 0 Å². The first-order valence-electron chi connectivity index (χ1n) is 10.2. The minimum atomic E-state index is -3.23. The molecule has 2 atom stereocenters. The third kappa shape index (κ3) is 4.55. The molecule has 0 aromatic carbocycles. The molecule has 31 heavy (non-hydrogen) atoms. The van der Waals surface area contributed by atoms with Crippen molar-refractivity contribution in [1.82, 2.24) is 18.8 Å². The van der Waals surface area contributed by atoms with Crippen molar-refractivity contribution in [3.05, 3.63) is 28.2 Å². The number of nitrogens with zero attached hydrogens (tertiary/aromatic N) is 4. The van der Waals surface area contributed by atoms with Gasteiger partial charge in [-0.15, -0.1) is 0 Å². The van der Waals surface area contributed by atoms with Crippen molar-refractivity contribution in [3.8, 4) is 0 Å². The van der Waals surface area contributed by atoms with Crippen molar-refractivity contribution in [2.45, 2.75) is 56.7 Å². The van der Waals surface area contributed by atoms with Gasteiger partial charge < -0.3 is 10.4 Å². The van der Waals surface area contributed by atoms with Crippen LogP contribution in [-0.4, -0.2) is 63.9 Å². The van der Waals surface area contributed by atoms with Crippen molar-refractivity contribution < 1.29 is 22.3 Å². The SMILES string of the molecule is CS(=O)(=O)N1CCC(Nc2ncc3cc(C(F)F)c(=O)n([C@@H]4CC[C@H](O)C4)c3n2)CC1. The largest absolute Gasteiger partial charge is 0.393 e. The van der Waals surface area contributed by atoms with Gasteiger partial charge in [-0.25, -0.2) is 26.5 Å². The lowest BCUT2D eigenvalue weighted by Crippen LogP contribution is -2.42. The number of alkyl halides is 2. The van der Waals surface area contributed by atoms with Crippen LogP contribution in [0, 0.1) is 0 Å². The number of piperidine rings is 1. The van der Waals surface area contributed by atoms with Gasteiger partial charge in [-0.1, -0.05) is 0 Å². The maximum absolute atomic E-state index is 13.4. The number of sulfonamides is 1. The fourth-order valence-electron chi connectivity index (χ4n) is 4.39. The van der Waals surface area contributed by atoms with Gasteiger partial charge in [0.25, 0.3) is 12.0 Å². The van der Waals surface area contributed by atoms with E-state index in [4.69, 9.17) is 0 Å². The van der Waals surface area contributed by atoms with E-state index in [1.807, 2.05) is 0 Å². The number of rotatable bonds is 5. The van der Waals surface area contributed by atoms with E-state index >= 15 is 0 Å². The molecule has 1 aliphatic carbocycles. The predicted molar refractivity (Wildman–Crippen MR) is 111 cm³/mol. The summed E-state index contributed by atoms with van der Waals surface area (Å²) in [4.78, 5) is 21.5. The quantitative estimate of drug-likeness (QED) is 0.701. The van der Waals surface area contributed by atoms with Crippen LogP contribution in [0.15, 0.2) is 17.1 Å². The molecule has 170 valence electrons. The summed E-state index contributed by atoms with van der Waals surface area (Å²) in [7, 11) is -3.23. The molecule has 12 heteroatoms. The van der Waals surface area contributed by atoms with Crippen LogP contribution in [-0.2, 0) is 10.0 Å². The van der Waals surface area contributed by atoms with Crippen LogP contribution >= 0.6 is 0 Å². The van der Waals surface area contributed by atoms with Gasteiger partial charge in [0.2, 0.25) is 16.0 Å². The number of halogens is 2. The van der Waals surface area contributed by atoms with Crippen LogP contribution in [0.5, 0.6) is 0 Å². The van der Waals surface area contributed by atoms with Gasteiger partial charge in [0.1, 0.15) is 5.65 Å². The molecule has 9 nitrogen and oxygen atoms in total. The summed E-state index contributed by atoms with van der Waals surface area (Å²) in [6, 6.07) is 0.659. The molecule has 2 N–H and O–H groups in total. The first-order valence-corrected chi connectivity index (χ1v) is 12.1. The molecule has 0 unspecified atom stereocenters. The number of aliphatic hydroxyl groups excluding tert-OH is 1. The van der Waals surface area contributed by atoms with E-state index in [1.165, 1.54) is 21.3 Å².